The van der Waals surface area contributed by atoms with Gasteiger partial charge in [0.15, 0.2) is 0 Å². The molecule has 2 rings (SSSR count). The third-order valence-electron chi connectivity index (χ3n) is 2.24. The van der Waals surface area contributed by atoms with E-state index >= 15 is 0 Å². The lowest BCUT2D eigenvalue weighted by Gasteiger charge is -2.05. The van der Waals surface area contributed by atoms with Crippen molar-refractivity contribution in [2.24, 2.45) is 5.73 Å². The van der Waals surface area contributed by atoms with Gasteiger partial charge in [0.05, 0.1) is 0 Å². The second kappa shape index (κ2) is 4.57. The van der Waals surface area contributed by atoms with Crippen LogP contribution in [0.5, 0.6) is 0 Å². The van der Waals surface area contributed by atoms with Crippen molar-refractivity contribution in [2.75, 3.05) is 0 Å². The molecule has 0 saturated heterocycles. The number of carbonyl (C=O) groups is 1. The summed E-state index contributed by atoms with van der Waals surface area (Å²) in [5, 5.41) is 0. The van der Waals surface area contributed by atoms with Crippen molar-refractivity contribution < 1.29 is 4.79 Å². The van der Waals surface area contributed by atoms with Gasteiger partial charge in [-0.05, 0) is 17.7 Å². The second-order valence-corrected chi connectivity index (χ2v) is 3.47. The number of amides is 1. The minimum Gasteiger partial charge on any atom is -0.368 e. The maximum absolute atomic E-state index is 10.8. The van der Waals surface area contributed by atoms with Gasteiger partial charge in [-0.25, -0.2) is 4.98 Å². The fraction of sp³-hybridized carbons (Fsp3) is 0.182. The van der Waals surface area contributed by atoms with E-state index in [0.717, 1.165) is 11.4 Å². The number of nitrogens with zero attached hydrogens (tertiary/aromatic N) is 3. The largest absolute Gasteiger partial charge is 0.368 e. The lowest BCUT2D eigenvalue weighted by atomic mass is 10.2. The monoisotopic (exact) mass is 216 g/mol. The molecule has 0 bridgehead atoms. The van der Waals surface area contributed by atoms with Crippen LogP contribution in [0, 0.1) is 0 Å². The van der Waals surface area contributed by atoms with Crippen LogP contribution in [0.3, 0.4) is 0 Å². The number of carbonyl (C=O) groups excluding carboxylic acids is 1. The number of hydrogen-bond acceptors (Lipinski definition) is 3. The number of pyridine rings is 1. The third kappa shape index (κ3) is 2.44. The molecule has 2 aromatic rings. The Morgan fingerprint density at radius 2 is 2.06 bits per heavy atom. The molecule has 0 aromatic carbocycles. The molecule has 2 aromatic heterocycles. The van der Waals surface area contributed by atoms with E-state index in [1.54, 1.807) is 29.4 Å². The van der Waals surface area contributed by atoms with E-state index in [-0.39, 0.29) is 12.5 Å². The van der Waals surface area contributed by atoms with Crippen LogP contribution in [0.4, 0.5) is 0 Å². The smallest absolute Gasteiger partial charge is 0.237 e. The summed E-state index contributed by atoms with van der Waals surface area (Å²) in [6.07, 6.45) is 7.55. The van der Waals surface area contributed by atoms with Gasteiger partial charge in [0.2, 0.25) is 5.91 Å². The zero-order valence-corrected chi connectivity index (χ0v) is 8.71. The number of imidazole rings is 1. The summed E-state index contributed by atoms with van der Waals surface area (Å²) in [5.74, 6) is 0.457. The van der Waals surface area contributed by atoms with Crippen molar-refractivity contribution in [3.05, 3.63) is 48.3 Å². The summed E-state index contributed by atoms with van der Waals surface area (Å²) in [7, 11) is 0. The lowest BCUT2D eigenvalue weighted by Crippen LogP contribution is -2.19. The molecule has 0 aliphatic rings. The van der Waals surface area contributed by atoms with E-state index in [1.807, 2.05) is 12.1 Å². The van der Waals surface area contributed by atoms with Crippen LogP contribution in [0.15, 0.2) is 36.9 Å². The van der Waals surface area contributed by atoms with E-state index in [9.17, 15) is 4.79 Å². The fourth-order valence-electron chi connectivity index (χ4n) is 1.50. The Bertz CT molecular complexity index is 478. The maximum atomic E-state index is 10.8. The van der Waals surface area contributed by atoms with Gasteiger partial charge < -0.3 is 10.3 Å². The number of hydrogen-bond donors (Lipinski definition) is 1. The molecular formula is C11H12N4O. The van der Waals surface area contributed by atoms with E-state index in [0.29, 0.717) is 6.42 Å². The molecule has 2 N–H and O–H groups in total. The molecule has 1 amide bonds. The lowest BCUT2D eigenvalue weighted by molar-refractivity contribution is -0.118. The molecule has 0 fully saturated rings. The van der Waals surface area contributed by atoms with Gasteiger partial charge in [0, 0.05) is 31.2 Å². The highest BCUT2D eigenvalue weighted by Gasteiger charge is 2.05. The molecule has 0 saturated carbocycles. The Balaban J connectivity index is 2.16. The molecule has 2 heterocycles. The van der Waals surface area contributed by atoms with Gasteiger partial charge in [0.25, 0.3) is 0 Å². The van der Waals surface area contributed by atoms with Crippen LogP contribution in [0.1, 0.15) is 11.4 Å². The van der Waals surface area contributed by atoms with Crippen molar-refractivity contribution in [3.63, 3.8) is 0 Å². The highest BCUT2D eigenvalue weighted by Crippen LogP contribution is 2.06. The van der Waals surface area contributed by atoms with Crippen molar-refractivity contribution in [2.45, 2.75) is 13.0 Å². The zero-order chi connectivity index (χ0) is 11.4. The van der Waals surface area contributed by atoms with Crippen molar-refractivity contribution in [1.29, 1.82) is 0 Å². The van der Waals surface area contributed by atoms with Crippen molar-refractivity contribution in [3.8, 4) is 0 Å². The van der Waals surface area contributed by atoms with Crippen LogP contribution < -0.4 is 5.73 Å². The predicted octanol–water partition coefficient (Wildman–Crippen LogP) is 0.354. The first-order valence-corrected chi connectivity index (χ1v) is 4.93. The third-order valence-corrected chi connectivity index (χ3v) is 2.24. The summed E-state index contributed by atoms with van der Waals surface area (Å²) in [5.41, 5.74) is 6.25. The number of primary amides is 1. The molecule has 0 spiro atoms. The summed E-state index contributed by atoms with van der Waals surface area (Å²) in [4.78, 5) is 19.0. The molecule has 0 unspecified atom stereocenters. The highest BCUT2D eigenvalue weighted by molar-refractivity contribution is 5.73. The van der Waals surface area contributed by atoms with Crippen molar-refractivity contribution in [1.82, 2.24) is 14.5 Å². The Kier molecular flexibility index (Phi) is 2.95. The van der Waals surface area contributed by atoms with E-state index in [4.69, 9.17) is 5.73 Å². The summed E-state index contributed by atoms with van der Waals surface area (Å²) in [6, 6.07) is 3.84. The standard InChI is InChI=1S/C11H12N4O/c12-10(16)8-15-6-5-14-11(15)7-9-1-3-13-4-2-9/h1-6H,7-8H2,(H2,12,16). The topological polar surface area (TPSA) is 73.8 Å². The van der Waals surface area contributed by atoms with Gasteiger partial charge in [-0.3, -0.25) is 9.78 Å². The SMILES string of the molecule is NC(=O)Cn1ccnc1Cc1ccncc1. The molecule has 0 atom stereocenters. The van der Waals surface area contributed by atoms with Gasteiger partial charge in [-0.1, -0.05) is 0 Å². The normalized spacial score (nSPS) is 10.2. The summed E-state index contributed by atoms with van der Waals surface area (Å²) in [6.45, 7) is 0.167. The zero-order valence-electron chi connectivity index (χ0n) is 8.71. The van der Waals surface area contributed by atoms with Crippen LogP contribution in [0.25, 0.3) is 0 Å². The molecule has 82 valence electrons. The first-order valence-electron chi connectivity index (χ1n) is 4.93. The van der Waals surface area contributed by atoms with Crippen LogP contribution in [0.2, 0.25) is 0 Å². The summed E-state index contributed by atoms with van der Waals surface area (Å²) >= 11 is 0. The van der Waals surface area contributed by atoms with E-state index in [1.165, 1.54) is 0 Å². The highest BCUT2D eigenvalue weighted by atomic mass is 16.1. The number of rotatable bonds is 4. The molecule has 0 radical (unpaired) electrons. The maximum Gasteiger partial charge on any atom is 0.237 e. The number of aromatic nitrogens is 3. The van der Waals surface area contributed by atoms with Crippen LogP contribution >= 0.6 is 0 Å². The Morgan fingerprint density at radius 3 is 2.75 bits per heavy atom. The quantitative estimate of drug-likeness (QED) is 0.801. The van der Waals surface area contributed by atoms with Gasteiger partial charge in [-0.2, -0.15) is 0 Å². The Morgan fingerprint density at radius 1 is 1.31 bits per heavy atom. The minimum absolute atomic E-state index is 0.167. The van der Waals surface area contributed by atoms with Gasteiger partial charge in [-0.15, -0.1) is 0 Å². The Labute approximate surface area is 92.9 Å². The molecule has 0 aliphatic carbocycles. The minimum atomic E-state index is -0.367. The van der Waals surface area contributed by atoms with Gasteiger partial charge >= 0.3 is 0 Å². The van der Waals surface area contributed by atoms with Crippen molar-refractivity contribution >= 4 is 5.91 Å². The molecular weight excluding hydrogens is 204 g/mol. The van der Waals surface area contributed by atoms with Gasteiger partial charge in [0.1, 0.15) is 12.4 Å². The van der Waals surface area contributed by atoms with Crippen LogP contribution in [-0.2, 0) is 17.8 Å². The Hall–Kier alpha value is -2.17. The predicted molar refractivity (Wildman–Crippen MR) is 58.5 cm³/mol. The first kappa shape index (κ1) is 10.4. The van der Waals surface area contributed by atoms with E-state index < -0.39 is 0 Å². The average Bonchev–Trinajstić information content (AvgIpc) is 2.66. The van der Waals surface area contributed by atoms with Crippen LogP contribution in [-0.4, -0.2) is 20.4 Å². The first-order chi connectivity index (χ1) is 7.75. The fourth-order valence-corrected chi connectivity index (χ4v) is 1.50. The average molecular weight is 216 g/mol. The summed E-state index contributed by atoms with van der Waals surface area (Å²) < 4.78 is 1.75. The second-order valence-electron chi connectivity index (χ2n) is 3.47. The molecule has 0 aliphatic heterocycles. The molecule has 5 heteroatoms. The number of nitrogens with two attached hydrogens (primary N) is 1. The van der Waals surface area contributed by atoms with E-state index in [2.05, 4.69) is 9.97 Å². The molecule has 5 nitrogen and oxygen atoms in total. The molecule has 16 heavy (non-hydrogen) atoms.